The third-order valence-electron chi connectivity index (χ3n) is 3.38. The van der Waals surface area contributed by atoms with Crippen molar-refractivity contribution >= 4 is 23.5 Å². The molecule has 0 aliphatic rings. The first kappa shape index (κ1) is 17.9. The summed E-state index contributed by atoms with van der Waals surface area (Å²) in [5.74, 6) is -3.52. The van der Waals surface area contributed by atoms with Gasteiger partial charge in [0, 0.05) is 17.5 Å². The Bertz CT molecular complexity index is 767. The lowest BCUT2D eigenvalue weighted by Gasteiger charge is -2.15. The Labute approximate surface area is 142 Å². The summed E-state index contributed by atoms with van der Waals surface area (Å²) in [5.41, 5.74) is 0.551. The molecule has 0 bridgehead atoms. The molecule has 1 atom stereocenters. The van der Waals surface area contributed by atoms with Gasteiger partial charge in [-0.2, -0.15) is 0 Å². The molecule has 2 rings (SSSR count). The van der Waals surface area contributed by atoms with Crippen LogP contribution in [0.5, 0.6) is 0 Å². The first-order chi connectivity index (χ1) is 11.4. The van der Waals surface area contributed by atoms with Crippen molar-refractivity contribution in [3.63, 3.8) is 0 Å². The van der Waals surface area contributed by atoms with Crippen LogP contribution >= 0.6 is 11.6 Å². The van der Waals surface area contributed by atoms with Gasteiger partial charge in [-0.1, -0.05) is 35.9 Å². The number of hydrogen-bond donors (Lipinski definition) is 2. The van der Waals surface area contributed by atoms with E-state index in [1.54, 1.807) is 24.3 Å². The van der Waals surface area contributed by atoms with E-state index in [1.807, 2.05) is 0 Å². The monoisotopic (exact) mass is 353 g/mol. The lowest BCUT2D eigenvalue weighted by Crippen LogP contribution is -2.43. The molecule has 2 N–H and O–H groups in total. The van der Waals surface area contributed by atoms with Gasteiger partial charge in [0.1, 0.15) is 17.7 Å². The number of carbonyl (C=O) groups excluding carboxylic acids is 1. The average Bonchev–Trinajstić information content (AvgIpc) is 2.51. The summed E-state index contributed by atoms with van der Waals surface area (Å²) in [7, 11) is 0. The highest BCUT2D eigenvalue weighted by Gasteiger charge is 2.22. The van der Waals surface area contributed by atoms with Crippen LogP contribution in [0, 0.1) is 11.6 Å². The van der Waals surface area contributed by atoms with Gasteiger partial charge in [0.2, 0.25) is 5.91 Å². The molecule has 0 unspecified atom stereocenters. The standard InChI is InChI=1S/C17H14ClF2NO3/c18-13-4-2-1-3-10(13)7-15(17(23)24)21-16(22)8-11-5-6-12(19)9-14(11)20/h1-6,9,15H,7-8H2,(H,21,22)(H,23,24)/t15-/m0/s1. The molecular weight excluding hydrogens is 340 g/mol. The minimum atomic E-state index is -1.23. The van der Waals surface area contributed by atoms with Gasteiger partial charge in [-0.25, -0.2) is 13.6 Å². The van der Waals surface area contributed by atoms with Crippen molar-refractivity contribution in [3.05, 3.63) is 70.2 Å². The minimum Gasteiger partial charge on any atom is -0.480 e. The number of carboxylic acid groups (broad SMARTS) is 1. The summed E-state index contributed by atoms with van der Waals surface area (Å²) >= 11 is 5.98. The van der Waals surface area contributed by atoms with E-state index in [-0.39, 0.29) is 12.0 Å². The van der Waals surface area contributed by atoms with Gasteiger partial charge >= 0.3 is 5.97 Å². The van der Waals surface area contributed by atoms with Gasteiger partial charge in [0.15, 0.2) is 0 Å². The SMILES string of the molecule is O=C(Cc1ccc(F)cc1F)N[C@@H](Cc1ccccc1Cl)C(=O)O. The minimum absolute atomic E-state index is 0.00729. The molecule has 1 amide bonds. The van der Waals surface area contributed by atoms with E-state index < -0.39 is 36.0 Å². The number of carboxylic acids is 1. The number of aliphatic carboxylic acids is 1. The lowest BCUT2D eigenvalue weighted by molar-refractivity contribution is -0.141. The summed E-state index contributed by atoms with van der Waals surface area (Å²) < 4.78 is 26.4. The molecule has 0 fully saturated rings. The van der Waals surface area contributed by atoms with Crippen LogP contribution in [0.1, 0.15) is 11.1 Å². The Morgan fingerprint density at radius 1 is 1.12 bits per heavy atom. The maximum atomic E-state index is 13.6. The molecule has 0 saturated heterocycles. The summed E-state index contributed by atoms with van der Waals surface area (Å²) in [6.45, 7) is 0. The molecule has 126 valence electrons. The summed E-state index contributed by atoms with van der Waals surface area (Å²) in [4.78, 5) is 23.3. The largest absolute Gasteiger partial charge is 0.480 e. The maximum Gasteiger partial charge on any atom is 0.326 e. The summed E-state index contributed by atoms with van der Waals surface area (Å²) in [6.07, 6.45) is -0.398. The van der Waals surface area contributed by atoms with Gasteiger partial charge in [-0.15, -0.1) is 0 Å². The summed E-state index contributed by atoms with van der Waals surface area (Å²) in [6, 6.07) is 8.32. The first-order valence-corrected chi connectivity index (χ1v) is 7.44. The number of nitrogens with one attached hydrogen (secondary N) is 1. The molecule has 0 aromatic heterocycles. The molecule has 0 heterocycles. The maximum absolute atomic E-state index is 13.6. The molecule has 2 aromatic rings. The molecule has 24 heavy (non-hydrogen) atoms. The zero-order valence-electron chi connectivity index (χ0n) is 12.4. The molecule has 0 radical (unpaired) electrons. The van der Waals surface area contributed by atoms with Gasteiger partial charge in [-0.05, 0) is 23.3 Å². The lowest BCUT2D eigenvalue weighted by atomic mass is 10.0. The Hall–Kier alpha value is -2.47. The normalized spacial score (nSPS) is 11.8. The first-order valence-electron chi connectivity index (χ1n) is 7.06. The van der Waals surface area contributed by atoms with Crippen molar-refractivity contribution in [1.29, 1.82) is 0 Å². The van der Waals surface area contributed by atoms with Crippen molar-refractivity contribution in [2.24, 2.45) is 0 Å². The number of carbonyl (C=O) groups is 2. The second-order valence-electron chi connectivity index (χ2n) is 5.17. The molecular formula is C17H14ClF2NO3. The van der Waals surface area contributed by atoms with Crippen LogP contribution < -0.4 is 5.32 Å². The Morgan fingerprint density at radius 2 is 1.83 bits per heavy atom. The molecule has 0 aliphatic heterocycles. The highest BCUT2D eigenvalue weighted by Crippen LogP contribution is 2.17. The fourth-order valence-electron chi connectivity index (χ4n) is 2.17. The molecule has 0 aliphatic carbocycles. The van der Waals surface area contributed by atoms with Crippen molar-refractivity contribution in [2.75, 3.05) is 0 Å². The average molecular weight is 354 g/mol. The molecule has 0 saturated carbocycles. The van der Waals surface area contributed by atoms with Gasteiger partial charge in [0.25, 0.3) is 0 Å². The Kier molecular flexibility index (Phi) is 5.87. The zero-order valence-corrected chi connectivity index (χ0v) is 13.2. The quantitative estimate of drug-likeness (QED) is 0.839. The topological polar surface area (TPSA) is 66.4 Å². The fraction of sp³-hybridized carbons (Fsp3) is 0.176. The van der Waals surface area contributed by atoms with Gasteiger partial charge in [0.05, 0.1) is 6.42 Å². The van der Waals surface area contributed by atoms with Crippen LogP contribution in [0.25, 0.3) is 0 Å². The van der Waals surface area contributed by atoms with E-state index in [2.05, 4.69) is 5.32 Å². The van der Waals surface area contributed by atoms with E-state index >= 15 is 0 Å². The van der Waals surface area contributed by atoms with Crippen LogP contribution in [-0.2, 0) is 22.4 Å². The predicted octanol–water partition coefficient (Wildman–Crippen LogP) is 2.97. The van der Waals surface area contributed by atoms with E-state index in [0.29, 0.717) is 16.7 Å². The second-order valence-corrected chi connectivity index (χ2v) is 5.57. The van der Waals surface area contributed by atoms with E-state index in [1.165, 1.54) is 0 Å². The Balaban J connectivity index is 2.06. The number of benzene rings is 2. The molecule has 4 nitrogen and oxygen atoms in total. The number of hydrogen-bond acceptors (Lipinski definition) is 2. The Morgan fingerprint density at radius 3 is 2.46 bits per heavy atom. The highest BCUT2D eigenvalue weighted by atomic mass is 35.5. The second kappa shape index (κ2) is 7.88. The fourth-order valence-corrected chi connectivity index (χ4v) is 2.38. The van der Waals surface area contributed by atoms with Crippen LogP contribution in [0.4, 0.5) is 8.78 Å². The highest BCUT2D eigenvalue weighted by molar-refractivity contribution is 6.31. The van der Waals surface area contributed by atoms with E-state index in [0.717, 1.165) is 12.1 Å². The van der Waals surface area contributed by atoms with Crippen LogP contribution in [0.3, 0.4) is 0 Å². The van der Waals surface area contributed by atoms with E-state index in [9.17, 15) is 23.5 Å². The van der Waals surface area contributed by atoms with Gasteiger partial charge < -0.3 is 10.4 Å². The number of amides is 1. The van der Waals surface area contributed by atoms with Crippen LogP contribution in [-0.4, -0.2) is 23.0 Å². The van der Waals surface area contributed by atoms with Gasteiger partial charge in [-0.3, -0.25) is 4.79 Å². The third-order valence-corrected chi connectivity index (χ3v) is 3.75. The molecule has 2 aromatic carbocycles. The van der Waals surface area contributed by atoms with Crippen molar-refractivity contribution in [1.82, 2.24) is 5.32 Å². The predicted molar refractivity (Wildman–Crippen MR) is 84.8 cm³/mol. The smallest absolute Gasteiger partial charge is 0.326 e. The molecule has 0 spiro atoms. The van der Waals surface area contributed by atoms with Crippen LogP contribution in [0.15, 0.2) is 42.5 Å². The van der Waals surface area contributed by atoms with Crippen molar-refractivity contribution in [2.45, 2.75) is 18.9 Å². The van der Waals surface area contributed by atoms with Crippen LogP contribution in [0.2, 0.25) is 5.02 Å². The third kappa shape index (κ3) is 4.76. The van der Waals surface area contributed by atoms with E-state index in [4.69, 9.17) is 11.6 Å². The summed E-state index contributed by atoms with van der Waals surface area (Å²) in [5, 5.41) is 12.0. The van der Waals surface area contributed by atoms with Crippen molar-refractivity contribution in [3.8, 4) is 0 Å². The molecule has 7 heteroatoms. The number of halogens is 3. The van der Waals surface area contributed by atoms with Crippen molar-refractivity contribution < 1.29 is 23.5 Å². The number of rotatable bonds is 6. The zero-order chi connectivity index (χ0) is 17.7.